The average Bonchev–Trinajstić information content (AvgIpc) is 3.06. The van der Waals surface area contributed by atoms with Crippen LogP contribution in [0.4, 0.5) is 0 Å². The van der Waals surface area contributed by atoms with E-state index >= 15 is 0 Å². The number of hydrogen-bond donors (Lipinski definition) is 1. The fraction of sp³-hybridized carbons (Fsp3) is 0.409. The van der Waals surface area contributed by atoms with E-state index in [1.807, 2.05) is 31.2 Å². The molecule has 0 aliphatic carbocycles. The quantitative estimate of drug-likeness (QED) is 0.735. The highest BCUT2D eigenvalue weighted by atomic mass is 35.5. The van der Waals surface area contributed by atoms with Crippen LogP contribution in [0.15, 0.2) is 42.7 Å². The van der Waals surface area contributed by atoms with Crippen molar-refractivity contribution in [3.05, 3.63) is 64.6 Å². The van der Waals surface area contributed by atoms with Gasteiger partial charge >= 0.3 is 0 Å². The smallest absolute Gasteiger partial charge is 0.105 e. The molecule has 2 aliphatic rings. The van der Waals surface area contributed by atoms with Crippen LogP contribution in [-0.2, 0) is 18.6 Å². The molecule has 1 fully saturated rings. The molecule has 2 aliphatic heterocycles. The van der Waals surface area contributed by atoms with Gasteiger partial charge in [-0.2, -0.15) is 0 Å². The van der Waals surface area contributed by atoms with Gasteiger partial charge in [0.05, 0.1) is 12.1 Å². The number of aromatic nitrogens is 2. The summed E-state index contributed by atoms with van der Waals surface area (Å²) < 4.78 is 2.31. The Kier molecular flexibility index (Phi) is 3.87. The van der Waals surface area contributed by atoms with Gasteiger partial charge in [0.25, 0.3) is 0 Å². The van der Waals surface area contributed by atoms with Crippen LogP contribution in [0.3, 0.4) is 0 Å². The van der Waals surface area contributed by atoms with Crippen LogP contribution in [0.5, 0.6) is 0 Å². The zero-order valence-corrected chi connectivity index (χ0v) is 16.4. The summed E-state index contributed by atoms with van der Waals surface area (Å²) in [5, 5.41) is 13.3. The molecule has 5 heteroatoms. The topological polar surface area (TPSA) is 41.3 Å². The fourth-order valence-corrected chi connectivity index (χ4v) is 5.28. The fourth-order valence-electron chi connectivity index (χ4n) is 5.11. The summed E-state index contributed by atoms with van der Waals surface area (Å²) in [6.07, 6.45) is 6.95. The van der Waals surface area contributed by atoms with Crippen molar-refractivity contribution in [3.63, 3.8) is 0 Å². The van der Waals surface area contributed by atoms with Gasteiger partial charge in [0, 0.05) is 47.0 Å². The van der Waals surface area contributed by atoms with Crippen molar-refractivity contribution in [1.82, 2.24) is 14.5 Å². The van der Waals surface area contributed by atoms with Crippen molar-refractivity contribution in [3.8, 4) is 0 Å². The highest BCUT2D eigenvalue weighted by Gasteiger charge is 2.41. The lowest BCUT2D eigenvalue weighted by atomic mass is 9.95. The van der Waals surface area contributed by atoms with Crippen LogP contribution in [0, 0.1) is 0 Å². The molecule has 3 unspecified atom stereocenters. The lowest BCUT2D eigenvalue weighted by molar-refractivity contribution is 0.0381. The average molecular weight is 382 g/mol. The van der Waals surface area contributed by atoms with E-state index in [0.717, 1.165) is 22.5 Å². The maximum absolute atomic E-state index is 11.3. The van der Waals surface area contributed by atoms with E-state index in [1.54, 1.807) is 12.4 Å². The Morgan fingerprint density at radius 3 is 2.78 bits per heavy atom. The Morgan fingerprint density at radius 2 is 2.00 bits per heavy atom. The van der Waals surface area contributed by atoms with Crippen LogP contribution in [0.1, 0.15) is 42.6 Å². The predicted molar refractivity (Wildman–Crippen MR) is 108 cm³/mol. The number of pyridine rings is 1. The van der Waals surface area contributed by atoms with E-state index < -0.39 is 5.60 Å². The number of halogens is 1. The first-order valence-corrected chi connectivity index (χ1v) is 9.99. The van der Waals surface area contributed by atoms with Gasteiger partial charge < -0.3 is 9.67 Å². The number of aliphatic hydroxyl groups is 1. The molecule has 0 amide bonds. The second-order valence-corrected chi connectivity index (χ2v) is 8.67. The van der Waals surface area contributed by atoms with Gasteiger partial charge in [0.1, 0.15) is 5.60 Å². The Morgan fingerprint density at radius 1 is 1.22 bits per heavy atom. The molecule has 2 aromatic heterocycles. The van der Waals surface area contributed by atoms with E-state index in [1.165, 1.54) is 29.5 Å². The van der Waals surface area contributed by atoms with E-state index in [0.29, 0.717) is 18.6 Å². The molecule has 27 heavy (non-hydrogen) atoms. The van der Waals surface area contributed by atoms with Gasteiger partial charge in [-0.05, 0) is 62.2 Å². The number of nitrogens with zero attached hydrogens (tertiary/aromatic N) is 3. The first-order valence-electron chi connectivity index (χ1n) is 9.61. The monoisotopic (exact) mass is 381 g/mol. The van der Waals surface area contributed by atoms with E-state index in [9.17, 15) is 5.11 Å². The molecule has 4 heterocycles. The summed E-state index contributed by atoms with van der Waals surface area (Å²) in [5.41, 5.74) is 3.83. The Balaban J connectivity index is 1.69. The van der Waals surface area contributed by atoms with Crippen LogP contribution in [0.2, 0.25) is 5.02 Å². The summed E-state index contributed by atoms with van der Waals surface area (Å²) in [5.74, 6) is 0. The standard InChI is InChI=1S/C22H24ClN3O/c1-22(27,14-7-9-24-10-8-14)13-26-19-11-15(23)3-5-17(19)21-18-6-4-16(25(18)2)12-20(21)26/h3,5,7-11,16,18,27H,4,6,12-13H2,1-2H3. The minimum Gasteiger partial charge on any atom is -0.384 e. The SMILES string of the molecule is CN1C2CCC1c1c(n(CC(C)(O)c3ccncc3)c3cc(Cl)ccc13)C2. The van der Waals surface area contributed by atoms with E-state index in [2.05, 4.69) is 27.6 Å². The van der Waals surface area contributed by atoms with Crippen molar-refractivity contribution in [2.45, 2.75) is 50.4 Å². The lowest BCUT2D eigenvalue weighted by Gasteiger charge is -2.33. The summed E-state index contributed by atoms with van der Waals surface area (Å²) in [6.45, 7) is 2.39. The van der Waals surface area contributed by atoms with Crippen LogP contribution in [0.25, 0.3) is 10.9 Å². The second-order valence-electron chi connectivity index (χ2n) is 8.23. The van der Waals surface area contributed by atoms with Crippen LogP contribution < -0.4 is 0 Å². The number of hydrogen-bond acceptors (Lipinski definition) is 3. The summed E-state index contributed by atoms with van der Waals surface area (Å²) >= 11 is 6.36. The molecule has 3 atom stereocenters. The van der Waals surface area contributed by atoms with Crippen molar-refractivity contribution in [2.75, 3.05) is 7.05 Å². The number of rotatable bonds is 3. The number of benzene rings is 1. The molecular formula is C22H24ClN3O. The minimum absolute atomic E-state index is 0.467. The molecule has 3 aromatic rings. The van der Waals surface area contributed by atoms with Crippen molar-refractivity contribution >= 4 is 22.5 Å². The Hall–Kier alpha value is -1.88. The maximum Gasteiger partial charge on any atom is 0.105 e. The molecule has 0 radical (unpaired) electrons. The third-order valence-corrected chi connectivity index (χ3v) is 6.78. The van der Waals surface area contributed by atoms with Gasteiger partial charge in [0.15, 0.2) is 0 Å². The van der Waals surface area contributed by atoms with E-state index in [-0.39, 0.29) is 0 Å². The third-order valence-electron chi connectivity index (χ3n) is 6.55. The van der Waals surface area contributed by atoms with Gasteiger partial charge in [-0.3, -0.25) is 9.88 Å². The first-order chi connectivity index (χ1) is 13.0. The van der Waals surface area contributed by atoms with Crippen molar-refractivity contribution in [2.24, 2.45) is 0 Å². The molecule has 0 spiro atoms. The molecular weight excluding hydrogens is 358 g/mol. The molecule has 140 valence electrons. The highest BCUT2D eigenvalue weighted by molar-refractivity contribution is 6.31. The lowest BCUT2D eigenvalue weighted by Crippen LogP contribution is -2.36. The zero-order valence-electron chi connectivity index (χ0n) is 15.7. The molecule has 5 rings (SSSR count). The molecule has 1 N–H and O–H groups in total. The van der Waals surface area contributed by atoms with Crippen LogP contribution >= 0.6 is 11.6 Å². The molecule has 1 aromatic carbocycles. The van der Waals surface area contributed by atoms with Gasteiger partial charge in [-0.15, -0.1) is 0 Å². The predicted octanol–water partition coefficient (Wildman–Crippen LogP) is 4.29. The summed E-state index contributed by atoms with van der Waals surface area (Å²) in [4.78, 5) is 6.61. The van der Waals surface area contributed by atoms with Crippen molar-refractivity contribution < 1.29 is 5.11 Å². The highest BCUT2D eigenvalue weighted by Crippen LogP contribution is 2.47. The third kappa shape index (κ3) is 2.62. The molecule has 2 bridgehead atoms. The van der Waals surface area contributed by atoms with E-state index in [4.69, 9.17) is 11.6 Å². The maximum atomic E-state index is 11.3. The first kappa shape index (κ1) is 17.2. The molecule has 0 saturated carbocycles. The van der Waals surface area contributed by atoms with Gasteiger partial charge in [-0.25, -0.2) is 0 Å². The normalized spacial score (nSPS) is 24.1. The molecule has 1 saturated heterocycles. The summed E-state index contributed by atoms with van der Waals surface area (Å²) in [7, 11) is 2.25. The number of fused-ring (bicyclic) bond motifs is 6. The summed E-state index contributed by atoms with van der Waals surface area (Å²) in [6, 6.07) is 11.0. The van der Waals surface area contributed by atoms with Gasteiger partial charge in [0.2, 0.25) is 0 Å². The van der Waals surface area contributed by atoms with Crippen molar-refractivity contribution in [1.29, 1.82) is 0 Å². The van der Waals surface area contributed by atoms with Gasteiger partial charge in [-0.1, -0.05) is 17.7 Å². The minimum atomic E-state index is -0.979. The zero-order chi connectivity index (χ0) is 18.8. The largest absolute Gasteiger partial charge is 0.384 e. The Labute approximate surface area is 164 Å². The van der Waals surface area contributed by atoms with Crippen LogP contribution in [-0.4, -0.2) is 32.6 Å². The Bertz CT molecular complexity index is 1010. The molecule has 4 nitrogen and oxygen atoms in total. The number of likely N-dealkylation sites (N-methyl/N-ethyl adjacent to an activating group) is 1. The second kappa shape index (κ2) is 6.06.